The Balaban J connectivity index is 1.78. The Morgan fingerprint density at radius 2 is 1.87 bits per heavy atom. The SMILES string of the molecule is CCC(=O)c1ccc(-c2cnc(N)c(-c3nnnn3-c3cccc(F)c3F)c2)cc1. The second-order valence-electron chi connectivity index (χ2n) is 6.50. The van der Waals surface area contributed by atoms with E-state index in [0.29, 0.717) is 23.1 Å². The number of halogens is 2. The lowest BCUT2D eigenvalue weighted by Gasteiger charge is -2.10. The maximum absolute atomic E-state index is 14.3. The quantitative estimate of drug-likeness (QED) is 0.506. The number of tetrazole rings is 1. The van der Waals surface area contributed by atoms with E-state index in [9.17, 15) is 13.6 Å². The molecule has 0 unspecified atom stereocenters. The van der Waals surface area contributed by atoms with E-state index < -0.39 is 11.6 Å². The van der Waals surface area contributed by atoms with E-state index in [2.05, 4.69) is 20.5 Å². The van der Waals surface area contributed by atoms with E-state index in [0.717, 1.165) is 16.3 Å². The van der Waals surface area contributed by atoms with Crippen LogP contribution in [0.25, 0.3) is 28.2 Å². The number of carbonyl (C=O) groups is 1. The van der Waals surface area contributed by atoms with E-state index in [1.54, 1.807) is 43.5 Å². The van der Waals surface area contributed by atoms with Crippen LogP contribution in [0.4, 0.5) is 14.6 Å². The molecule has 0 amide bonds. The number of hydrogen-bond donors (Lipinski definition) is 1. The highest BCUT2D eigenvalue weighted by Crippen LogP contribution is 2.30. The highest BCUT2D eigenvalue weighted by molar-refractivity contribution is 5.96. The summed E-state index contributed by atoms with van der Waals surface area (Å²) >= 11 is 0. The first-order chi connectivity index (χ1) is 14.5. The van der Waals surface area contributed by atoms with E-state index in [1.807, 2.05) is 0 Å². The first-order valence-electron chi connectivity index (χ1n) is 9.12. The van der Waals surface area contributed by atoms with Gasteiger partial charge >= 0.3 is 0 Å². The number of nitrogens with two attached hydrogens (primary N) is 1. The van der Waals surface area contributed by atoms with Gasteiger partial charge in [-0.1, -0.05) is 37.3 Å². The zero-order valence-corrected chi connectivity index (χ0v) is 15.9. The van der Waals surface area contributed by atoms with Crippen LogP contribution >= 0.6 is 0 Å². The molecule has 4 aromatic rings. The summed E-state index contributed by atoms with van der Waals surface area (Å²) in [6.45, 7) is 1.80. The van der Waals surface area contributed by atoms with Crippen molar-refractivity contribution >= 4 is 11.6 Å². The zero-order chi connectivity index (χ0) is 21.3. The summed E-state index contributed by atoms with van der Waals surface area (Å²) in [4.78, 5) is 16.0. The van der Waals surface area contributed by atoms with E-state index in [4.69, 9.17) is 5.73 Å². The van der Waals surface area contributed by atoms with Gasteiger partial charge in [0.2, 0.25) is 0 Å². The van der Waals surface area contributed by atoms with Gasteiger partial charge in [-0.15, -0.1) is 5.10 Å². The second-order valence-corrected chi connectivity index (χ2v) is 6.50. The van der Waals surface area contributed by atoms with Crippen molar-refractivity contribution in [2.75, 3.05) is 5.73 Å². The number of nitrogens with zero attached hydrogens (tertiary/aromatic N) is 5. The summed E-state index contributed by atoms with van der Waals surface area (Å²) in [6, 6.07) is 12.5. The zero-order valence-electron chi connectivity index (χ0n) is 15.9. The van der Waals surface area contributed by atoms with Gasteiger partial charge < -0.3 is 5.73 Å². The van der Waals surface area contributed by atoms with E-state index in [1.165, 1.54) is 12.1 Å². The first kappa shape index (κ1) is 19.3. The molecule has 0 aliphatic rings. The summed E-state index contributed by atoms with van der Waals surface area (Å²) in [6.07, 6.45) is 2.00. The van der Waals surface area contributed by atoms with Crippen molar-refractivity contribution in [2.45, 2.75) is 13.3 Å². The predicted molar refractivity (Wildman–Crippen MR) is 107 cm³/mol. The fourth-order valence-electron chi connectivity index (χ4n) is 3.04. The maximum atomic E-state index is 14.3. The van der Waals surface area contributed by atoms with Crippen LogP contribution < -0.4 is 5.73 Å². The van der Waals surface area contributed by atoms with Crippen molar-refractivity contribution in [3.63, 3.8) is 0 Å². The predicted octanol–water partition coefficient (Wildman–Crippen LogP) is 3.84. The number of carbonyl (C=O) groups excluding carboxylic acids is 1. The molecular formula is C21H16F2N6O. The molecule has 2 N–H and O–H groups in total. The molecule has 0 aliphatic carbocycles. The largest absolute Gasteiger partial charge is 0.383 e. The number of anilines is 1. The minimum Gasteiger partial charge on any atom is -0.383 e. The lowest BCUT2D eigenvalue weighted by atomic mass is 10.0. The first-order valence-corrected chi connectivity index (χ1v) is 9.12. The van der Waals surface area contributed by atoms with Crippen LogP contribution in [0.1, 0.15) is 23.7 Å². The Hall–Kier alpha value is -4.01. The van der Waals surface area contributed by atoms with Crippen LogP contribution in [-0.4, -0.2) is 31.0 Å². The lowest BCUT2D eigenvalue weighted by Crippen LogP contribution is -2.06. The van der Waals surface area contributed by atoms with Gasteiger partial charge in [-0.25, -0.2) is 13.8 Å². The van der Waals surface area contributed by atoms with Gasteiger partial charge in [0.05, 0.1) is 5.56 Å². The molecule has 0 aliphatic heterocycles. The van der Waals surface area contributed by atoms with Crippen molar-refractivity contribution in [3.05, 3.63) is 71.9 Å². The molecule has 4 rings (SSSR count). The van der Waals surface area contributed by atoms with Crippen LogP contribution in [-0.2, 0) is 0 Å². The van der Waals surface area contributed by atoms with Crippen LogP contribution in [0.2, 0.25) is 0 Å². The average Bonchev–Trinajstić information content (AvgIpc) is 3.25. The van der Waals surface area contributed by atoms with Crippen molar-refractivity contribution in [1.82, 2.24) is 25.2 Å². The van der Waals surface area contributed by atoms with Gasteiger partial charge in [-0.3, -0.25) is 4.79 Å². The molecule has 0 bridgehead atoms. The molecular weight excluding hydrogens is 390 g/mol. The fraction of sp³-hybridized carbons (Fsp3) is 0.0952. The number of hydrogen-bond acceptors (Lipinski definition) is 6. The Bertz CT molecular complexity index is 1240. The monoisotopic (exact) mass is 406 g/mol. The number of aromatic nitrogens is 5. The number of nitrogen functional groups attached to an aromatic ring is 1. The van der Waals surface area contributed by atoms with Crippen LogP contribution in [0.3, 0.4) is 0 Å². The Morgan fingerprint density at radius 3 is 2.60 bits per heavy atom. The molecule has 0 atom stereocenters. The minimum atomic E-state index is -1.08. The highest BCUT2D eigenvalue weighted by atomic mass is 19.2. The smallest absolute Gasteiger partial charge is 0.190 e. The van der Waals surface area contributed by atoms with Crippen LogP contribution in [0.5, 0.6) is 0 Å². The normalized spacial score (nSPS) is 10.9. The van der Waals surface area contributed by atoms with Gasteiger partial charge in [0.15, 0.2) is 23.2 Å². The van der Waals surface area contributed by atoms with Crippen molar-refractivity contribution in [1.29, 1.82) is 0 Å². The molecule has 0 fully saturated rings. The highest BCUT2D eigenvalue weighted by Gasteiger charge is 2.19. The number of benzene rings is 2. The number of pyridine rings is 1. The summed E-state index contributed by atoms with van der Waals surface area (Å²) in [7, 11) is 0. The van der Waals surface area contributed by atoms with Gasteiger partial charge in [-0.05, 0) is 34.2 Å². The molecule has 0 saturated heterocycles. The number of rotatable bonds is 5. The van der Waals surface area contributed by atoms with Crippen LogP contribution in [0, 0.1) is 11.6 Å². The average molecular weight is 406 g/mol. The van der Waals surface area contributed by atoms with Crippen LogP contribution in [0.15, 0.2) is 54.7 Å². The third kappa shape index (κ3) is 3.41. The van der Waals surface area contributed by atoms with Gasteiger partial charge in [0.1, 0.15) is 11.5 Å². The number of Topliss-reactive ketones (excluding diaryl/α,β-unsaturated/α-hetero) is 1. The third-order valence-electron chi connectivity index (χ3n) is 4.65. The third-order valence-corrected chi connectivity index (χ3v) is 4.65. The summed E-state index contributed by atoms with van der Waals surface area (Å²) < 4.78 is 29.0. The summed E-state index contributed by atoms with van der Waals surface area (Å²) in [5.41, 5.74) is 8.35. The Kier molecular flexibility index (Phi) is 5.01. The van der Waals surface area contributed by atoms with Crippen molar-refractivity contribution in [3.8, 4) is 28.2 Å². The van der Waals surface area contributed by atoms with Gasteiger partial charge in [0.25, 0.3) is 0 Å². The molecule has 150 valence electrons. The molecule has 2 aromatic heterocycles. The van der Waals surface area contributed by atoms with E-state index in [-0.39, 0.29) is 23.1 Å². The Labute approximate surface area is 170 Å². The molecule has 7 nitrogen and oxygen atoms in total. The summed E-state index contributed by atoms with van der Waals surface area (Å²) in [5, 5.41) is 11.3. The Morgan fingerprint density at radius 1 is 1.10 bits per heavy atom. The lowest BCUT2D eigenvalue weighted by molar-refractivity contribution is 0.0988. The summed E-state index contributed by atoms with van der Waals surface area (Å²) in [5.74, 6) is -1.80. The molecule has 2 heterocycles. The fourth-order valence-corrected chi connectivity index (χ4v) is 3.04. The maximum Gasteiger partial charge on any atom is 0.190 e. The molecule has 0 spiro atoms. The topological polar surface area (TPSA) is 99.6 Å². The van der Waals surface area contributed by atoms with Crippen molar-refractivity contribution in [2.24, 2.45) is 0 Å². The standard InChI is InChI=1S/C21H16F2N6O/c1-2-18(30)13-8-6-12(7-9-13)14-10-15(20(24)25-11-14)21-26-27-28-29(21)17-5-3-4-16(22)19(17)23/h3-11H,2H2,1H3,(H2,24,25). The molecule has 2 aromatic carbocycles. The van der Waals surface area contributed by atoms with Gasteiger partial charge in [0, 0.05) is 23.7 Å². The molecule has 30 heavy (non-hydrogen) atoms. The second kappa shape index (κ2) is 7.78. The van der Waals surface area contributed by atoms with Crippen molar-refractivity contribution < 1.29 is 13.6 Å². The molecule has 9 heteroatoms. The molecule has 0 radical (unpaired) electrons. The van der Waals surface area contributed by atoms with E-state index >= 15 is 0 Å². The minimum absolute atomic E-state index is 0.0500. The van der Waals surface area contributed by atoms with Gasteiger partial charge in [-0.2, -0.15) is 4.68 Å². The number of ketones is 1. The molecule has 0 saturated carbocycles.